The van der Waals surface area contributed by atoms with E-state index in [9.17, 15) is 4.79 Å². The Morgan fingerprint density at radius 3 is 2.85 bits per heavy atom. The molecule has 3 aliphatic rings. The number of aromatic nitrogens is 2. The molecule has 4 rings (SSSR count). The fourth-order valence-corrected chi connectivity index (χ4v) is 3.76. The number of nitrogens with zero attached hydrogens (tertiary/aromatic N) is 3. The largest absolute Gasteiger partial charge is 0.463 e. The molecule has 1 aromatic heterocycles. The monoisotopic (exact) mass is 360 g/mol. The van der Waals surface area contributed by atoms with Crippen molar-refractivity contribution in [2.75, 3.05) is 30.4 Å². The van der Waals surface area contributed by atoms with E-state index in [1.807, 2.05) is 0 Å². The van der Waals surface area contributed by atoms with Crippen LogP contribution >= 0.6 is 0 Å². The maximum Gasteiger partial charge on any atom is 0.320 e. The normalized spacial score (nSPS) is 22.5. The number of nitrogens with two attached hydrogens (primary N) is 1. The summed E-state index contributed by atoms with van der Waals surface area (Å²) in [6, 6.07) is 0.289. The first-order chi connectivity index (χ1) is 12.7. The third-order valence-corrected chi connectivity index (χ3v) is 5.52. The van der Waals surface area contributed by atoms with Gasteiger partial charge < -0.3 is 15.2 Å². The van der Waals surface area contributed by atoms with Gasteiger partial charge in [0.05, 0.1) is 19.1 Å². The van der Waals surface area contributed by atoms with Crippen LogP contribution in [0.25, 0.3) is 0 Å². The molecule has 0 aromatic carbocycles. The van der Waals surface area contributed by atoms with Crippen molar-refractivity contribution in [1.82, 2.24) is 9.97 Å². The first kappa shape index (κ1) is 17.5. The molecule has 0 spiro atoms. The second-order valence-corrected chi connectivity index (χ2v) is 7.63. The van der Waals surface area contributed by atoms with Crippen molar-refractivity contribution in [2.24, 2.45) is 5.92 Å². The summed E-state index contributed by atoms with van der Waals surface area (Å²) in [5.41, 5.74) is 6.79. The lowest BCUT2D eigenvalue weighted by atomic mass is 10.0. The van der Waals surface area contributed by atoms with Gasteiger partial charge in [-0.1, -0.05) is 12.8 Å². The van der Waals surface area contributed by atoms with Crippen LogP contribution in [0.2, 0.25) is 0 Å². The molecule has 1 amide bonds. The number of hydrogen-bond acceptors (Lipinski definition) is 6. The van der Waals surface area contributed by atoms with E-state index < -0.39 is 0 Å². The number of amides is 1. The molecule has 142 valence electrons. The van der Waals surface area contributed by atoms with Crippen LogP contribution in [0, 0.1) is 5.92 Å². The van der Waals surface area contributed by atoms with E-state index in [4.69, 9.17) is 15.2 Å². The van der Waals surface area contributed by atoms with E-state index in [0.29, 0.717) is 30.9 Å². The van der Waals surface area contributed by atoms with E-state index in [1.54, 1.807) is 4.90 Å². The van der Waals surface area contributed by atoms with Crippen molar-refractivity contribution in [3.05, 3.63) is 5.56 Å². The van der Waals surface area contributed by atoms with Crippen LogP contribution in [0.4, 0.5) is 11.6 Å². The number of rotatable bonds is 8. The summed E-state index contributed by atoms with van der Waals surface area (Å²) in [6.45, 7) is 2.11. The van der Waals surface area contributed by atoms with Crippen molar-refractivity contribution < 1.29 is 14.3 Å². The Morgan fingerprint density at radius 2 is 2.08 bits per heavy atom. The highest BCUT2D eigenvalue weighted by molar-refractivity contribution is 6.01. The van der Waals surface area contributed by atoms with Crippen LogP contribution in [-0.2, 0) is 16.0 Å². The number of ether oxygens (including phenoxy) is 2. The van der Waals surface area contributed by atoms with Gasteiger partial charge in [0.2, 0.25) is 5.91 Å². The molecule has 1 atom stereocenters. The molecule has 1 unspecified atom stereocenters. The zero-order valence-electron chi connectivity index (χ0n) is 15.3. The van der Waals surface area contributed by atoms with Gasteiger partial charge in [-0.25, -0.2) is 0 Å². The van der Waals surface area contributed by atoms with Crippen molar-refractivity contribution in [1.29, 1.82) is 0 Å². The maximum atomic E-state index is 12.4. The first-order valence-electron chi connectivity index (χ1n) is 9.92. The Hall–Kier alpha value is -1.89. The number of nitrogen functional groups attached to an aromatic ring is 1. The fourth-order valence-electron chi connectivity index (χ4n) is 3.76. The lowest BCUT2D eigenvalue weighted by Crippen LogP contribution is -2.29. The van der Waals surface area contributed by atoms with Gasteiger partial charge in [0.15, 0.2) is 0 Å². The van der Waals surface area contributed by atoms with Gasteiger partial charge in [-0.15, -0.1) is 0 Å². The molecule has 3 heterocycles. The summed E-state index contributed by atoms with van der Waals surface area (Å²) in [5.74, 6) is 1.83. The van der Waals surface area contributed by atoms with Gasteiger partial charge in [-0.3, -0.25) is 9.69 Å². The molecular formula is C19H28N4O3. The predicted octanol–water partition coefficient (Wildman–Crippen LogP) is 2.48. The highest BCUT2D eigenvalue weighted by Crippen LogP contribution is 2.34. The topological polar surface area (TPSA) is 90.6 Å². The second-order valence-electron chi connectivity index (χ2n) is 7.63. The summed E-state index contributed by atoms with van der Waals surface area (Å²) in [5, 5.41) is 0. The minimum atomic E-state index is 0.0423. The van der Waals surface area contributed by atoms with E-state index >= 15 is 0 Å². The number of fused-ring (bicyclic) bond motifs is 1. The van der Waals surface area contributed by atoms with Crippen LogP contribution < -0.4 is 15.4 Å². The molecule has 26 heavy (non-hydrogen) atoms. The molecule has 2 aliphatic heterocycles. The maximum absolute atomic E-state index is 12.4. The molecular weight excluding hydrogens is 332 g/mol. The number of hydrogen-bond donors (Lipinski definition) is 1. The summed E-state index contributed by atoms with van der Waals surface area (Å²) in [7, 11) is 0. The van der Waals surface area contributed by atoms with Crippen molar-refractivity contribution in [3.63, 3.8) is 0 Å². The molecule has 1 aromatic rings. The van der Waals surface area contributed by atoms with Gasteiger partial charge in [-0.2, -0.15) is 9.97 Å². The van der Waals surface area contributed by atoms with Crippen LogP contribution in [0.5, 0.6) is 6.01 Å². The van der Waals surface area contributed by atoms with Gasteiger partial charge in [0.1, 0.15) is 11.6 Å². The fraction of sp³-hybridized carbons (Fsp3) is 0.737. The Morgan fingerprint density at radius 1 is 1.19 bits per heavy atom. The lowest BCUT2D eigenvalue weighted by molar-refractivity contribution is -0.117. The molecule has 7 heteroatoms. The van der Waals surface area contributed by atoms with Crippen molar-refractivity contribution in [2.45, 2.75) is 63.9 Å². The number of carbonyl (C=O) groups excluding carboxylic acids is 1. The standard InChI is InChI=1S/C19H28N4O3/c20-17-15-12-16(24)23(9-3-5-14-4-1-2-10-25-14)18(15)22-19(21-17)26-11-8-13-6-7-13/h13-14H,1-12H2,(H2,20,21,22). The van der Waals surface area contributed by atoms with Crippen molar-refractivity contribution >= 4 is 17.5 Å². The van der Waals surface area contributed by atoms with Crippen LogP contribution in [0.1, 0.15) is 56.9 Å². The number of anilines is 2. The smallest absolute Gasteiger partial charge is 0.320 e. The molecule has 0 bridgehead atoms. The zero-order chi connectivity index (χ0) is 17.9. The molecule has 1 aliphatic carbocycles. The van der Waals surface area contributed by atoms with Gasteiger partial charge in [0, 0.05) is 18.7 Å². The van der Waals surface area contributed by atoms with Crippen molar-refractivity contribution in [3.8, 4) is 6.01 Å². The van der Waals surface area contributed by atoms with Crippen LogP contribution in [-0.4, -0.2) is 41.7 Å². The van der Waals surface area contributed by atoms with Gasteiger partial charge >= 0.3 is 6.01 Å². The molecule has 0 radical (unpaired) electrons. The Kier molecular flexibility index (Phi) is 5.24. The predicted molar refractivity (Wildman–Crippen MR) is 98.2 cm³/mol. The van der Waals surface area contributed by atoms with E-state index in [2.05, 4.69) is 9.97 Å². The first-order valence-corrected chi connectivity index (χ1v) is 9.92. The van der Waals surface area contributed by atoms with Crippen LogP contribution in [0.15, 0.2) is 0 Å². The highest BCUT2D eigenvalue weighted by Gasteiger charge is 2.32. The molecule has 2 fully saturated rings. The van der Waals surface area contributed by atoms with Crippen LogP contribution in [0.3, 0.4) is 0 Å². The zero-order valence-corrected chi connectivity index (χ0v) is 15.3. The second kappa shape index (κ2) is 7.78. The summed E-state index contributed by atoms with van der Waals surface area (Å²) in [4.78, 5) is 22.9. The average molecular weight is 360 g/mol. The summed E-state index contributed by atoms with van der Waals surface area (Å²) < 4.78 is 11.5. The molecule has 7 nitrogen and oxygen atoms in total. The number of carbonyl (C=O) groups is 1. The van der Waals surface area contributed by atoms with Gasteiger partial charge in [0.25, 0.3) is 0 Å². The summed E-state index contributed by atoms with van der Waals surface area (Å²) in [6.07, 6.45) is 9.63. The Balaban J connectivity index is 1.37. The molecule has 2 N–H and O–H groups in total. The third kappa shape index (κ3) is 4.09. The minimum Gasteiger partial charge on any atom is -0.463 e. The average Bonchev–Trinajstić information content (AvgIpc) is 3.40. The molecule has 1 saturated carbocycles. The van der Waals surface area contributed by atoms with Gasteiger partial charge in [-0.05, 0) is 44.4 Å². The SMILES string of the molecule is Nc1nc(OCCC2CC2)nc2c1CC(=O)N2CCCC1CCCCO1. The minimum absolute atomic E-state index is 0.0423. The van der Waals surface area contributed by atoms with E-state index in [1.165, 1.54) is 19.3 Å². The highest BCUT2D eigenvalue weighted by atomic mass is 16.5. The lowest BCUT2D eigenvalue weighted by Gasteiger charge is -2.23. The Bertz CT molecular complexity index is 656. The van der Waals surface area contributed by atoms with E-state index in [-0.39, 0.29) is 18.3 Å². The molecule has 1 saturated heterocycles. The quantitative estimate of drug-likeness (QED) is 0.766. The summed E-state index contributed by atoms with van der Waals surface area (Å²) >= 11 is 0. The van der Waals surface area contributed by atoms with E-state index in [0.717, 1.165) is 50.2 Å². The Labute approximate surface area is 154 Å². The third-order valence-electron chi connectivity index (χ3n) is 5.52.